The van der Waals surface area contributed by atoms with Crippen LogP contribution in [-0.4, -0.2) is 48.8 Å². The molecule has 0 radical (unpaired) electrons. The first kappa shape index (κ1) is 18.1. The topological polar surface area (TPSA) is 44.7 Å². The van der Waals surface area contributed by atoms with E-state index >= 15 is 0 Å². The molecule has 6 heteroatoms. The van der Waals surface area contributed by atoms with Crippen LogP contribution in [0.4, 0.5) is 8.78 Å². The first-order valence-electron chi connectivity index (χ1n) is 8.03. The maximum absolute atomic E-state index is 12.3. The van der Waals surface area contributed by atoms with E-state index in [1.54, 1.807) is 12.1 Å². The van der Waals surface area contributed by atoms with Crippen molar-refractivity contribution in [2.75, 3.05) is 20.1 Å². The zero-order valence-electron chi connectivity index (χ0n) is 13.9. The molecule has 1 aliphatic rings. The van der Waals surface area contributed by atoms with Gasteiger partial charge < -0.3 is 20.1 Å². The molecule has 4 atom stereocenters. The summed E-state index contributed by atoms with van der Waals surface area (Å²) in [5.74, 6) is 0.565. The predicted molar refractivity (Wildman–Crippen MR) is 85.7 cm³/mol. The van der Waals surface area contributed by atoms with Crippen LogP contribution in [0.25, 0.3) is 0 Å². The van der Waals surface area contributed by atoms with Crippen molar-refractivity contribution in [2.45, 2.75) is 45.1 Å². The van der Waals surface area contributed by atoms with Crippen molar-refractivity contribution in [3.63, 3.8) is 0 Å². The SMILES string of the molecule is CC1CN(C)C(C)CC1NCC(O)c1cccc(OC(F)F)c1. The Labute approximate surface area is 136 Å². The van der Waals surface area contributed by atoms with Crippen LogP contribution in [0.1, 0.15) is 31.9 Å². The van der Waals surface area contributed by atoms with E-state index in [4.69, 9.17) is 0 Å². The Hall–Kier alpha value is -1.24. The van der Waals surface area contributed by atoms with Gasteiger partial charge in [0.05, 0.1) is 6.10 Å². The smallest absolute Gasteiger partial charge is 0.387 e. The molecular weight excluding hydrogens is 302 g/mol. The van der Waals surface area contributed by atoms with E-state index < -0.39 is 12.7 Å². The lowest BCUT2D eigenvalue weighted by Gasteiger charge is -2.40. The third-order valence-electron chi connectivity index (χ3n) is 4.65. The zero-order chi connectivity index (χ0) is 17.0. The molecule has 130 valence electrons. The highest BCUT2D eigenvalue weighted by Gasteiger charge is 2.28. The van der Waals surface area contributed by atoms with Crippen molar-refractivity contribution in [1.82, 2.24) is 10.2 Å². The molecule has 1 saturated heterocycles. The molecule has 0 saturated carbocycles. The lowest BCUT2D eigenvalue weighted by molar-refractivity contribution is -0.0499. The number of hydrogen-bond donors (Lipinski definition) is 2. The summed E-state index contributed by atoms with van der Waals surface area (Å²) in [6, 6.07) is 7.08. The van der Waals surface area contributed by atoms with Gasteiger partial charge in [0.2, 0.25) is 0 Å². The van der Waals surface area contributed by atoms with Gasteiger partial charge >= 0.3 is 6.61 Å². The summed E-state index contributed by atoms with van der Waals surface area (Å²) in [5, 5.41) is 13.7. The van der Waals surface area contributed by atoms with E-state index in [0.29, 0.717) is 30.1 Å². The van der Waals surface area contributed by atoms with Crippen molar-refractivity contribution >= 4 is 0 Å². The number of ether oxygens (including phenoxy) is 1. The highest BCUT2D eigenvalue weighted by atomic mass is 19.3. The number of alkyl halides is 2. The maximum Gasteiger partial charge on any atom is 0.387 e. The fraction of sp³-hybridized carbons (Fsp3) is 0.647. The fourth-order valence-corrected chi connectivity index (χ4v) is 3.10. The van der Waals surface area contributed by atoms with Gasteiger partial charge in [-0.25, -0.2) is 0 Å². The molecule has 4 nitrogen and oxygen atoms in total. The maximum atomic E-state index is 12.3. The molecule has 0 aromatic heterocycles. The van der Waals surface area contributed by atoms with Gasteiger partial charge in [0, 0.05) is 25.2 Å². The Bertz CT molecular complexity index is 501. The Morgan fingerprint density at radius 1 is 1.39 bits per heavy atom. The van der Waals surface area contributed by atoms with Crippen LogP contribution >= 0.6 is 0 Å². The second-order valence-electron chi connectivity index (χ2n) is 6.48. The fourth-order valence-electron chi connectivity index (χ4n) is 3.10. The van der Waals surface area contributed by atoms with E-state index in [2.05, 4.69) is 35.8 Å². The lowest BCUT2D eigenvalue weighted by Crippen LogP contribution is -2.51. The van der Waals surface area contributed by atoms with Gasteiger partial charge in [0.25, 0.3) is 0 Å². The van der Waals surface area contributed by atoms with Crippen LogP contribution in [0.15, 0.2) is 24.3 Å². The summed E-state index contributed by atoms with van der Waals surface area (Å²) in [5.41, 5.74) is 0.573. The normalized spacial score (nSPS) is 27.2. The molecule has 0 spiro atoms. The Morgan fingerprint density at radius 2 is 2.13 bits per heavy atom. The highest BCUT2D eigenvalue weighted by molar-refractivity contribution is 5.30. The van der Waals surface area contributed by atoms with Crippen molar-refractivity contribution < 1.29 is 18.6 Å². The molecule has 1 fully saturated rings. The Balaban J connectivity index is 1.90. The molecule has 0 aliphatic carbocycles. The van der Waals surface area contributed by atoms with Crippen LogP contribution < -0.4 is 10.1 Å². The lowest BCUT2D eigenvalue weighted by atomic mass is 9.89. The quantitative estimate of drug-likeness (QED) is 0.843. The van der Waals surface area contributed by atoms with Crippen molar-refractivity contribution in [1.29, 1.82) is 0 Å². The van der Waals surface area contributed by atoms with E-state index in [9.17, 15) is 13.9 Å². The minimum Gasteiger partial charge on any atom is -0.435 e. The number of hydrogen-bond acceptors (Lipinski definition) is 4. The van der Waals surface area contributed by atoms with Crippen LogP contribution in [0.2, 0.25) is 0 Å². The van der Waals surface area contributed by atoms with E-state index in [0.717, 1.165) is 13.0 Å². The highest BCUT2D eigenvalue weighted by Crippen LogP contribution is 2.23. The second-order valence-corrected chi connectivity index (χ2v) is 6.48. The minimum absolute atomic E-state index is 0.0674. The first-order valence-corrected chi connectivity index (χ1v) is 8.03. The van der Waals surface area contributed by atoms with Crippen LogP contribution in [-0.2, 0) is 0 Å². The number of halogens is 2. The van der Waals surface area contributed by atoms with Crippen LogP contribution in [0.5, 0.6) is 5.75 Å². The summed E-state index contributed by atoms with van der Waals surface area (Å²) in [6.45, 7) is 2.95. The van der Waals surface area contributed by atoms with Crippen molar-refractivity contribution in [3.05, 3.63) is 29.8 Å². The molecule has 0 amide bonds. The van der Waals surface area contributed by atoms with Gasteiger partial charge in [0.15, 0.2) is 0 Å². The number of piperidine rings is 1. The molecule has 1 heterocycles. The summed E-state index contributed by atoms with van der Waals surface area (Å²) in [7, 11) is 2.13. The van der Waals surface area contributed by atoms with Crippen molar-refractivity contribution in [3.8, 4) is 5.75 Å². The van der Waals surface area contributed by atoms with Gasteiger partial charge in [-0.05, 0) is 44.0 Å². The third-order valence-corrected chi connectivity index (χ3v) is 4.65. The number of nitrogens with one attached hydrogen (secondary N) is 1. The standard InChI is InChI=1S/C17H26F2N2O2/c1-11-10-21(3)12(2)7-15(11)20-9-16(22)13-5-4-6-14(8-13)23-17(18)19/h4-6,8,11-12,15-17,20,22H,7,9-10H2,1-3H3. The summed E-state index contributed by atoms with van der Waals surface area (Å²) < 4.78 is 28.9. The first-order chi connectivity index (χ1) is 10.9. The number of aliphatic hydroxyl groups excluding tert-OH is 1. The van der Waals surface area contributed by atoms with Gasteiger partial charge in [-0.3, -0.25) is 0 Å². The largest absolute Gasteiger partial charge is 0.435 e. The number of likely N-dealkylation sites (tertiary alicyclic amines) is 1. The van der Waals surface area contributed by atoms with Gasteiger partial charge in [-0.2, -0.15) is 8.78 Å². The van der Waals surface area contributed by atoms with Crippen LogP contribution in [0, 0.1) is 5.92 Å². The molecule has 1 aliphatic heterocycles. The van der Waals surface area contributed by atoms with Gasteiger partial charge in [-0.15, -0.1) is 0 Å². The average Bonchev–Trinajstić information content (AvgIpc) is 2.49. The number of rotatable bonds is 6. The summed E-state index contributed by atoms with van der Waals surface area (Å²) >= 11 is 0. The molecule has 2 N–H and O–H groups in total. The molecule has 1 aromatic carbocycles. The molecule has 0 bridgehead atoms. The molecule has 1 aromatic rings. The van der Waals surface area contributed by atoms with Crippen LogP contribution in [0.3, 0.4) is 0 Å². The van der Waals surface area contributed by atoms with E-state index in [1.165, 1.54) is 12.1 Å². The van der Waals surface area contributed by atoms with Crippen molar-refractivity contribution in [2.24, 2.45) is 5.92 Å². The minimum atomic E-state index is -2.86. The monoisotopic (exact) mass is 328 g/mol. The van der Waals surface area contributed by atoms with Gasteiger partial charge in [0.1, 0.15) is 5.75 Å². The molecular formula is C17H26F2N2O2. The zero-order valence-corrected chi connectivity index (χ0v) is 13.9. The second kappa shape index (κ2) is 8.04. The average molecular weight is 328 g/mol. The molecule has 4 unspecified atom stereocenters. The Morgan fingerprint density at radius 3 is 2.83 bits per heavy atom. The van der Waals surface area contributed by atoms with Gasteiger partial charge in [-0.1, -0.05) is 19.1 Å². The number of aliphatic hydroxyl groups is 1. The predicted octanol–water partition coefficient (Wildman–Crippen LogP) is 2.64. The summed E-state index contributed by atoms with van der Waals surface area (Å²) in [4.78, 5) is 2.34. The Kier molecular flexibility index (Phi) is 6.33. The summed E-state index contributed by atoms with van der Waals surface area (Å²) in [6.07, 6.45) is 0.275. The third kappa shape index (κ3) is 5.12. The van der Waals surface area contributed by atoms with E-state index in [-0.39, 0.29) is 5.75 Å². The molecule has 2 rings (SSSR count). The number of benzene rings is 1. The molecule has 23 heavy (non-hydrogen) atoms. The number of nitrogens with zero attached hydrogens (tertiary/aromatic N) is 1. The van der Waals surface area contributed by atoms with E-state index in [1.807, 2.05) is 0 Å².